The van der Waals surface area contributed by atoms with Gasteiger partial charge in [-0.15, -0.1) is 0 Å². The lowest BCUT2D eigenvalue weighted by atomic mass is 10.3. The Hall–Kier alpha value is -1.51. The molecule has 0 atom stereocenters. The summed E-state index contributed by atoms with van der Waals surface area (Å²) in [4.78, 5) is 15.0. The van der Waals surface area contributed by atoms with Crippen molar-refractivity contribution in [3.63, 3.8) is 0 Å². The number of hydrogen-bond donors (Lipinski definition) is 4. The molecule has 6 nitrogen and oxygen atoms in total. The van der Waals surface area contributed by atoms with Crippen LogP contribution in [0.4, 0.5) is 5.13 Å². The third-order valence-corrected chi connectivity index (χ3v) is 2.76. The van der Waals surface area contributed by atoms with Gasteiger partial charge in [0.2, 0.25) is 0 Å². The summed E-state index contributed by atoms with van der Waals surface area (Å²) in [5.41, 5.74) is 15.6. The van der Waals surface area contributed by atoms with Crippen LogP contribution in [0.5, 0.6) is 0 Å². The fourth-order valence-electron chi connectivity index (χ4n) is 0.947. The lowest BCUT2D eigenvalue weighted by molar-refractivity contribution is -0.114. The molecule has 0 saturated carbocycles. The maximum absolute atomic E-state index is 10.1. The van der Waals surface area contributed by atoms with Crippen LogP contribution in [-0.2, 0) is 17.8 Å². The largest absolute Gasteiger partial charge is 0.391 e. The van der Waals surface area contributed by atoms with Gasteiger partial charge >= 0.3 is 0 Å². The van der Waals surface area contributed by atoms with Crippen LogP contribution < -0.4 is 17.2 Å². The van der Waals surface area contributed by atoms with Gasteiger partial charge in [-0.25, -0.2) is 4.98 Å². The zero-order valence-electron chi connectivity index (χ0n) is 11.8. The number of nitrogens with zero attached hydrogens (tertiary/aromatic N) is 1. The molecule has 7 N–H and O–H groups in total. The quantitative estimate of drug-likeness (QED) is 0.483. The Bertz CT molecular complexity index is 408. The summed E-state index contributed by atoms with van der Waals surface area (Å²) in [6, 6.07) is 0. The fourth-order valence-corrected chi connectivity index (χ4v) is 1.73. The summed E-state index contributed by atoms with van der Waals surface area (Å²) in [6.07, 6.45) is 2.74. The third kappa shape index (κ3) is 11.6. The van der Waals surface area contributed by atoms with E-state index in [0.717, 1.165) is 17.0 Å². The molecule has 20 heavy (non-hydrogen) atoms. The van der Waals surface area contributed by atoms with Crippen molar-refractivity contribution in [2.24, 2.45) is 11.5 Å². The molecule has 0 radical (unpaired) electrons. The maximum atomic E-state index is 10.1. The molecular formula is C12H22N4O2S2. The number of nitrogens with two attached hydrogens (primary N) is 3. The van der Waals surface area contributed by atoms with Crippen LogP contribution in [-0.4, -0.2) is 21.0 Å². The van der Waals surface area contributed by atoms with Gasteiger partial charge in [0.15, 0.2) is 16.0 Å². The van der Waals surface area contributed by atoms with Crippen LogP contribution >= 0.6 is 23.6 Å². The number of hydrogen-bond acceptors (Lipinski definition) is 6. The van der Waals surface area contributed by atoms with Crippen molar-refractivity contribution in [1.29, 1.82) is 0 Å². The maximum Gasteiger partial charge on any atom is 0.180 e. The van der Waals surface area contributed by atoms with E-state index >= 15 is 0 Å². The van der Waals surface area contributed by atoms with Gasteiger partial charge in [-0.2, -0.15) is 0 Å². The van der Waals surface area contributed by atoms with E-state index in [-0.39, 0.29) is 17.5 Å². The van der Waals surface area contributed by atoms with Crippen molar-refractivity contribution >= 4 is 39.6 Å². The van der Waals surface area contributed by atoms with Crippen LogP contribution in [0.25, 0.3) is 0 Å². The molecule has 1 rings (SSSR count). The number of rotatable bonds is 4. The van der Waals surface area contributed by atoms with Gasteiger partial charge in [0.1, 0.15) is 0 Å². The standard InChI is InChI=1S/C6H10N2OS.C5H8O.CH4N2S/c1-2-4-5(3-9)10-6(7)8-4;1-3-5(6)4-2;2-1(3)4/h9H,2-3H2,1H3,(H2,7,8);3H,1,4H2,2H3;(H4,2,3,4). The molecule has 114 valence electrons. The van der Waals surface area contributed by atoms with E-state index in [1.54, 1.807) is 0 Å². The average Bonchev–Trinajstić information content (AvgIpc) is 2.78. The molecule has 1 aromatic rings. The molecule has 0 spiro atoms. The van der Waals surface area contributed by atoms with Gasteiger partial charge in [0.25, 0.3) is 0 Å². The van der Waals surface area contributed by atoms with E-state index in [2.05, 4.69) is 35.2 Å². The van der Waals surface area contributed by atoms with Gasteiger partial charge in [-0.3, -0.25) is 4.79 Å². The van der Waals surface area contributed by atoms with Crippen LogP contribution in [0.1, 0.15) is 30.8 Å². The minimum Gasteiger partial charge on any atom is -0.391 e. The lowest BCUT2D eigenvalue weighted by Crippen LogP contribution is -2.18. The highest BCUT2D eigenvalue weighted by molar-refractivity contribution is 7.80. The SMILES string of the molecule is C=CC(=O)CC.CCc1nc(N)sc1CO.NC(N)=S. The van der Waals surface area contributed by atoms with Crippen molar-refractivity contribution in [2.75, 3.05) is 5.73 Å². The van der Waals surface area contributed by atoms with Crippen LogP contribution in [0.15, 0.2) is 12.7 Å². The Balaban J connectivity index is 0. The monoisotopic (exact) mass is 318 g/mol. The van der Waals surface area contributed by atoms with Crippen molar-refractivity contribution in [3.05, 3.63) is 23.2 Å². The Morgan fingerprint density at radius 2 is 2.00 bits per heavy atom. The van der Waals surface area contributed by atoms with Crippen molar-refractivity contribution in [3.8, 4) is 0 Å². The van der Waals surface area contributed by atoms with Crippen LogP contribution in [0.2, 0.25) is 0 Å². The average molecular weight is 318 g/mol. The number of ketones is 1. The number of carbonyl (C=O) groups excluding carboxylic acids is 1. The Kier molecular flexibility index (Phi) is 13.0. The number of allylic oxidation sites excluding steroid dienone is 1. The highest BCUT2D eigenvalue weighted by atomic mass is 32.1. The van der Waals surface area contributed by atoms with E-state index in [1.807, 2.05) is 13.8 Å². The second-order valence-electron chi connectivity index (χ2n) is 3.36. The summed E-state index contributed by atoms with van der Waals surface area (Å²) in [5, 5.41) is 9.32. The van der Waals surface area contributed by atoms with Gasteiger partial charge in [-0.05, 0) is 24.7 Å². The molecule has 0 aromatic carbocycles. The van der Waals surface area contributed by atoms with E-state index in [0.29, 0.717) is 11.6 Å². The number of thiocarbonyl (C=S) groups is 1. The topological polar surface area (TPSA) is 128 Å². The second-order valence-corrected chi connectivity index (χ2v) is 4.95. The number of anilines is 1. The van der Waals surface area contributed by atoms with Crippen LogP contribution in [0, 0.1) is 0 Å². The van der Waals surface area contributed by atoms with Gasteiger partial charge < -0.3 is 22.3 Å². The molecule has 0 amide bonds. The summed E-state index contributed by atoms with van der Waals surface area (Å²) < 4.78 is 0. The Morgan fingerprint density at radius 1 is 1.50 bits per heavy atom. The summed E-state index contributed by atoms with van der Waals surface area (Å²) in [7, 11) is 0. The first-order valence-corrected chi connectivity index (χ1v) is 7.09. The molecule has 1 aromatic heterocycles. The summed E-state index contributed by atoms with van der Waals surface area (Å²) in [5.74, 6) is 0.106. The zero-order chi connectivity index (χ0) is 16.1. The predicted molar refractivity (Wildman–Crippen MR) is 88.3 cm³/mol. The van der Waals surface area contributed by atoms with Crippen molar-refractivity contribution < 1.29 is 9.90 Å². The molecule has 0 aliphatic heterocycles. The van der Waals surface area contributed by atoms with Crippen LogP contribution in [0.3, 0.4) is 0 Å². The molecule has 0 fully saturated rings. The Labute approximate surface area is 128 Å². The molecule has 0 saturated heterocycles. The number of nitrogen functional groups attached to an aromatic ring is 1. The third-order valence-electron chi connectivity index (χ3n) is 1.85. The molecular weight excluding hydrogens is 296 g/mol. The number of aliphatic hydroxyl groups excluding tert-OH is 1. The first-order valence-electron chi connectivity index (χ1n) is 5.87. The summed E-state index contributed by atoms with van der Waals surface area (Å²) in [6.45, 7) is 7.14. The minimum atomic E-state index is 0.000000000000000222. The highest BCUT2D eigenvalue weighted by Crippen LogP contribution is 2.20. The number of aromatic nitrogens is 1. The first kappa shape index (κ1) is 20.8. The molecule has 0 unspecified atom stereocenters. The van der Waals surface area contributed by atoms with Gasteiger partial charge in [0, 0.05) is 6.42 Å². The van der Waals surface area contributed by atoms with Gasteiger partial charge in [-0.1, -0.05) is 31.8 Å². The summed E-state index contributed by atoms with van der Waals surface area (Å²) >= 11 is 5.45. The van der Waals surface area contributed by atoms with E-state index < -0.39 is 0 Å². The van der Waals surface area contributed by atoms with Crippen molar-refractivity contribution in [1.82, 2.24) is 4.98 Å². The van der Waals surface area contributed by atoms with Crippen molar-refractivity contribution in [2.45, 2.75) is 33.3 Å². The normalized spacial score (nSPS) is 8.55. The van der Waals surface area contributed by atoms with Gasteiger partial charge in [0.05, 0.1) is 17.2 Å². The second kappa shape index (κ2) is 12.5. The zero-order valence-corrected chi connectivity index (χ0v) is 13.4. The molecule has 0 aliphatic carbocycles. The minimum absolute atomic E-state index is 0.000000000000000222. The highest BCUT2D eigenvalue weighted by Gasteiger charge is 2.04. The molecule has 1 heterocycles. The lowest BCUT2D eigenvalue weighted by Gasteiger charge is -1.90. The van der Waals surface area contributed by atoms with E-state index in [9.17, 15) is 4.79 Å². The smallest absolute Gasteiger partial charge is 0.180 e. The molecule has 0 aliphatic rings. The number of aryl methyl sites for hydroxylation is 1. The van der Waals surface area contributed by atoms with E-state index in [4.69, 9.17) is 10.8 Å². The molecule has 0 bridgehead atoms. The number of carbonyl (C=O) groups is 1. The molecule has 8 heteroatoms. The van der Waals surface area contributed by atoms with E-state index in [1.165, 1.54) is 17.4 Å². The number of thiazole rings is 1. The predicted octanol–water partition coefficient (Wildman–Crippen LogP) is 1.12. The first-order chi connectivity index (χ1) is 9.31. The fraction of sp³-hybridized carbons (Fsp3) is 0.417. The Morgan fingerprint density at radius 3 is 2.20 bits per heavy atom. The number of aliphatic hydroxyl groups is 1.